The molecule has 0 aromatic heterocycles. The maximum absolute atomic E-state index is 11.7. The lowest BCUT2D eigenvalue weighted by atomic mass is 10.1. The fraction of sp³-hybridized carbons (Fsp3) is 0.300. The van der Waals surface area contributed by atoms with Crippen LogP contribution in [0.25, 0.3) is 0 Å². The SMILES string of the molecule is O=C1CCCNc2cc(Cl)c(Br)cc21. The average molecular weight is 275 g/mol. The van der Waals surface area contributed by atoms with Crippen molar-refractivity contribution < 1.29 is 4.79 Å². The van der Waals surface area contributed by atoms with Crippen LogP contribution < -0.4 is 5.32 Å². The van der Waals surface area contributed by atoms with Gasteiger partial charge in [-0.3, -0.25) is 4.79 Å². The second kappa shape index (κ2) is 3.91. The monoisotopic (exact) mass is 273 g/mol. The van der Waals surface area contributed by atoms with Gasteiger partial charge in [-0.05, 0) is 34.5 Å². The molecule has 0 amide bonds. The number of carbonyl (C=O) groups excluding carboxylic acids is 1. The number of fused-ring (bicyclic) bond motifs is 1. The third-order valence-electron chi connectivity index (χ3n) is 2.26. The number of rotatable bonds is 0. The van der Waals surface area contributed by atoms with Crippen molar-refractivity contribution in [3.8, 4) is 0 Å². The highest BCUT2D eigenvalue weighted by Crippen LogP contribution is 2.31. The van der Waals surface area contributed by atoms with Crippen LogP contribution in [0, 0.1) is 0 Å². The maximum atomic E-state index is 11.7. The number of anilines is 1. The van der Waals surface area contributed by atoms with Gasteiger partial charge >= 0.3 is 0 Å². The minimum absolute atomic E-state index is 0.183. The largest absolute Gasteiger partial charge is 0.384 e. The Labute approximate surface area is 95.8 Å². The van der Waals surface area contributed by atoms with Crippen molar-refractivity contribution in [2.45, 2.75) is 12.8 Å². The average Bonchev–Trinajstić information content (AvgIpc) is 2.31. The summed E-state index contributed by atoms with van der Waals surface area (Å²) < 4.78 is 0.773. The Morgan fingerprint density at radius 1 is 1.43 bits per heavy atom. The second-order valence-corrected chi connectivity index (χ2v) is 4.53. The number of Topliss-reactive ketones (excluding diaryl/α,β-unsaturated/α-hetero) is 1. The van der Waals surface area contributed by atoms with E-state index in [1.165, 1.54) is 0 Å². The normalized spacial score (nSPS) is 15.7. The van der Waals surface area contributed by atoms with Crippen LogP contribution in [0.3, 0.4) is 0 Å². The Kier molecular flexibility index (Phi) is 2.79. The van der Waals surface area contributed by atoms with Crippen LogP contribution in [0.2, 0.25) is 5.02 Å². The van der Waals surface area contributed by atoms with Gasteiger partial charge in [-0.15, -0.1) is 0 Å². The molecule has 4 heteroatoms. The Hall–Kier alpha value is -0.540. The van der Waals surface area contributed by atoms with Crippen molar-refractivity contribution in [3.63, 3.8) is 0 Å². The van der Waals surface area contributed by atoms with Crippen LogP contribution in [0.15, 0.2) is 16.6 Å². The van der Waals surface area contributed by atoms with Crippen molar-refractivity contribution in [1.29, 1.82) is 0 Å². The number of nitrogens with one attached hydrogen (secondary N) is 1. The number of carbonyl (C=O) groups is 1. The predicted molar refractivity (Wildman–Crippen MR) is 61.2 cm³/mol. The standard InChI is InChI=1S/C10H9BrClNO/c11-7-4-6-9(5-8(7)12)13-3-1-2-10(6)14/h4-5,13H,1-3H2. The molecule has 0 bridgehead atoms. The topological polar surface area (TPSA) is 29.1 Å². The molecule has 14 heavy (non-hydrogen) atoms. The van der Waals surface area contributed by atoms with Gasteiger partial charge < -0.3 is 5.32 Å². The molecule has 1 N–H and O–H groups in total. The molecule has 1 heterocycles. The number of ketones is 1. The zero-order valence-electron chi connectivity index (χ0n) is 7.44. The Bertz CT molecular complexity index is 392. The fourth-order valence-corrected chi connectivity index (χ4v) is 2.04. The molecule has 1 aliphatic rings. The van der Waals surface area contributed by atoms with Crippen molar-refractivity contribution in [2.75, 3.05) is 11.9 Å². The van der Waals surface area contributed by atoms with Crippen LogP contribution in [0.4, 0.5) is 5.69 Å². The Morgan fingerprint density at radius 3 is 3.00 bits per heavy atom. The summed E-state index contributed by atoms with van der Waals surface area (Å²) in [6, 6.07) is 3.59. The molecule has 0 fully saturated rings. The number of halogens is 2. The molecule has 0 saturated carbocycles. The van der Waals surface area contributed by atoms with E-state index in [2.05, 4.69) is 21.2 Å². The highest BCUT2D eigenvalue weighted by molar-refractivity contribution is 9.10. The Balaban J connectivity index is 2.54. The van der Waals surface area contributed by atoms with Crippen LogP contribution >= 0.6 is 27.5 Å². The van der Waals surface area contributed by atoms with Gasteiger partial charge in [-0.1, -0.05) is 11.6 Å². The summed E-state index contributed by atoms with van der Waals surface area (Å²) in [5.41, 5.74) is 1.58. The van der Waals surface area contributed by atoms with E-state index >= 15 is 0 Å². The van der Waals surface area contributed by atoms with Gasteiger partial charge in [0.15, 0.2) is 5.78 Å². The summed E-state index contributed by atoms with van der Waals surface area (Å²) in [5.74, 6) is 0.183. The van der Waals surface area contributed by atoms with E-state index in [1.807, 2.05) is 0 Å². The Morgan fingerprint density at radius 2 is 2.21 bits per heavy atom. The molecule has 0 unspecified atom stereocenters. The first-order valence-electron chi connectivity index (χ1n) is 4.44. The molecule has 1 aromatic rings. The van der Waals surface area contributed by atoms with Crippen LogP contribution in [0.1, 0.15) is 23.2 Å². The summed E-state index contributed by atoms with van der Waals surface area (Å²) in [5, 5.41) is 3.83. The predicted octanol–water partition coefficient (Wildman–Crippen LogP) is 3.49. The zero-order valence-corrected chi connectivity index (χ0v) is 9.78. The van der Waals surface area contributed by atoms with Gasteiger partial charge in [0, 0.05) is 28.7 Å². The summed E-state index contributed by atoms with van der Waals surface area (Å²) in [7, 11) is 0. The first-order valence-corrected chi connectivity index (χ1v) is 5.61. The molecule has 74 valence electrons. The second-order valence-electron chi connectivity index (χ2n) is 3.27. The lowest BCUT2D eigenvalue weighted by molar-refractivity contribution is 0.0984. The summed E-state index contributed by atoms with van der Waals surface area (Å²) in [6.45, 7) is 0.830. The quantitative estimate of drug-likeness (QED) is 0.784. The van der Waals surface area contributed by atoms with Gasteiger partial charge in [0.05, 0.1) is 5.02 Å². The van der Waals surface area contributed by atoms with Gasteiger partial charge in [0.25, 0.3) is 0 Å². The highest BCUT2D eigenvalue weighted by Gasteiger charge is 2.16. The lowest BCUT2D eigenvalue weighted by Crippen LogP contribution is -2.00. The lowest BCUT2D eigenvalue weighted by Gasteiger charge is -2.07. The zero-order chi connectivity index (χ0) is 10.1. The molecular formula is C10H9BrClNO. The van der Waals surface area contributed by atoms with Gasteiger partial charge in [0.1, 0.15) is 0 Å². The first-order chi connectivity index (χ1) is 6.68. The molecule has 2 rings (SSSR count). The van der Waals surface area contributed by atoms with Gasteiger partial charge in [0.2, 0.25) is 0 Å². The van der Waals surface area contributed by atoms with Crippen molar-refractivity contribution >= 4 is 39.0 Å². The third-order valence-corrected chi connectivity index (χ3v) is 3.45. The number of hydrogen-bond donors (Lipinski definition) is 1. The molecule has 0 saturated heterocycles. The van der Waals surface area contributed by atoms with E-state index < -0.39 is 0 Å². The first kappa shape index (κ1) is 9.99. The maximum Gasteiger partial charge on any atom is 0.165 e. The van der Waals surface area contributed by atoms with E-state index in [0.717, 1.165) is 28.7 Å². The van der Waals surface area contributed by atoms with Crippen LogP contribution in [-0.4, -0.2) is 12.3 Å². The van der Waals surface area contributed by atoms with Crippen molar-refractivity contribution in [1.82, 2.24) is 0 Å². The molecular weight excluding hydrogens is 265 g/mol. The van der Waals surface area contributed by atoms with E-state index in [1.54, 1.807) is 12.1 Å². The molecule has 2 nitrogen and oxygen atoms in total. The van der Waals surface area contributed by atoms with E-state index in [-0.39, 0.29) is 5.78 Å². The van der Waals surface area contributed by atoms with E-state index in [0.29, 0.717) is 11.4 Å². The molecule has 0 radical (unpaired) electrons. The molecule has 0 spiro atoms. The minimum Gasteiger partial charge on any atom is -0.384 e. The smallest absolute Gasteiger partial charge is 0.165 e. The summed E-state index contributed by atoms with van der Waals surface area (Å²) in [4.78, 5) is 11.7. The summed E-state index contributed by atoms with van der Waals surface area (Å²) in [6.07, 6.45) is 1.48. The third kappa shape index (κ3) is 1.79. The van der Waals surface area contributed by atoms with E-state index in [9.17, 15) is 4.79 Å². The fourth-order valence-electron chi connectivity index (χ4n) is 1.53. The molecule has 0 atom stereocenters. The van der Waals surface area contributed by atoms with Gasteiger partial charge in [-0.2, -0.15) is 0 Å². The van der Waals surface area contributed by atoms with Crippen LogP contribution in [-0.2, 0) is 0 Å². The van der Waals surface area contributed by atoms with Gasteiger partial charge in [-0.25, -0.2) is 0 Å². The number of benzene rings is 1. The summed E-state index contributed by atoms with van der Waals surface area (Å²) >= 11 is 9.26. The number of hydrogen-bond acceptors (Lipinski definition) is 2. The van der Waals surface area contributed by atoms with Crippen molar-refractivity contribution in [2.24, 2.45) is 0 Å². The highest BCUT2D eigenvalue weighted by atomic mass is 79.9. The van der Waals surface area contributed by atoms with Crippen molar-refractivity contribution in [3.05, 3.63) is 27.2 Å². The minimum atomic E-state index is 0.183. The van der Waals surface area contributed by atoms with Crippen LogP contribution in [0.5, 0.6) is 0 Å². The molecule has 0 aliphatic carbocycles. The molecule has 1 aromatic carbocycles. The molecule has 1 aliphatic heterocycles. The van der Waals surface area contributed by atoms with E-state index in [4.69, 9.17) is 11.6 Å².